The van der Waals surface area contributed by atoms with Crippen LogP contribution in [-0.2, 0) is 5.11 Å². The predicted molar refractivity (Wildman–Crippen MR) is 105 cm³/mol. The SMILES string of the molecule is [O]CCCCCCC(O)CN(CC(O)c1ccccc1)c1ccccc1. The molecule has 0 aliphatic rings. The molecule has 4 heteroatoms. The first-order chi connectivity index (χ1) is 12.7. The molecule has 0 saturated carbocycles. The van der Waals surface area contributed by atoms with Crippen LogP contribution in [0.4, 0.5) is 5.69 Å². The molecule has 0 amide bonds. The Hall–Kier alpha value is -1.88. The van der Waals surface area contributed by atoms with E-state index in [9.17, 15) is 15.3 Å². The van der Waals surface area contributed by atoms with Crippen LogP contribution in [0.2, 0.25) is 0 Å². The van der Waals surface area contributed by atoms with Gasteiger partial charge < -0.3 is 15.1 Å². The number of hydrogen-bond donors (Lipinski definition) is 2. The lowest BCUT2D eigenvalue weighted by molar-refractivity contribution is 0.150. The van der Waals surface area contributed by atoms with E-state index in [1.807, 2.05) is 65.6 Å². The van der Waals surface area contributed by atoms with Crippen LogP contribution in [-0.4, -0.2) is 36.0 Å². The first-order valence-corrected chi connectivity index (χ1v) is 9.50. The fourth-order valence-electron chi connectivity index (χ4n) is 3.09. The summed E-state index contributed by atoms with van der Waals surface area (Å²) in [7, 11) is 0. The predicted octanol–water partition coefficient (Wildman–Crippen LogP) is 3.97. The molecule has 0 aliphatic heterocycles. The maximum absolute atomic E-state index is 10.6. The Kier molecular flexibility index (Phi) is 9.18. The third-order valence-electron chi connectivity index (χ3n) is 4.56. The number of aliphatic hydroxyl groups excluding tert-OH is 2. The molecule has 0 fully saturated rings. The van der Waals surface area contributed by atoms with Crippen LogP contribution >= 0.6 is 0 Å². The van der Waals surface area contributed by atoms with Crippen LogP contribution in [0, 0.1) is 0 Å². The number of nitrogens with zero attached hydrogens (tertiary/aromatic N) is 1. The molecule has 0 aromatic heterocycles. The zero-order valence-corrected chi connectivity index (χ0v) is 15.3. The standard InChI is InChI=1S/C22H30NO3/c24-16-10-2-1-9-15-21(25)17-23(20-13-7-4-8-14-20)18-22(26)19-11-5-3-6-12-19/h3-8,11-14,21-22,25-26H,1-2,9-10,15-18H2. The molecule has 0 saturated heterocycles. The van der Waals surface area contributed by atoms with Gasteiger partial charge in [0, 0.05) is 18.8 Å². The second kappa shape index (κ2) is 11.7. The molecule has 141 valence electrons. The number of hydrogen-bond acceptors (Lipinski definition) is 3. The van der Waals surface area contributed by atoms with E-state index in [0.717, 1.165) is 36.9 Å². The average Bonchev–Trinajstić information content (AvgIpc) is 2.68. The molecule has 2 rings (SSSR count). The molecular weight excluding hydrogens is 326 g/mol. The fraction of sp³-hybridized carbons (Fsp3) is 0.455. The van der Waals surface area contributed by atoms with Crippen molar-refractivity contribution in [1.29, 1.82) is 0 Å². The molecule has 2 atom stereocenters. The summed E-state index contributed by atoms with van der Waals surface area (Å²) < 4.78 is 0. The molecule has 2 aromatic rings. The highest BCUT2D eigenvalue weighted by Gasteiger charge is 2.17. The van der Waals surface area contributed by atoms with E-state index >= 15 is 0 Å². The maximum atomic E-state index is 10.6. The van der Waals surface area contributed by atoms with Crippen molar-refractivity contribution in [3.8, 4) is 0 Å². The quantitative estimate of drug-likeness (QED) is 0.566. The topological polar surface area (TPSA) is 63.6 Å². The van der Waals surface area contributed by atoms with E-state index < -0.39 is 12.2 Å². The van der Waals surface area contributed by atoms with Crippen molar-refractivity contribution in [3.63, 3.8) is 0 Å². The van der Waals surface area contributed by atoms with Crippen molar-refractivity contribution in [1.82, 2.24) is 0 Å². The Morgan fingerprint density at radius 2 is 1.38 bits per heavy atom. The maximum Gasteiger partial charge on any atom is 0.0964 e. The number of benzene rings is 2. The van der Waals surface area contributed by atoms with Crippen molar-refractivity contribution >= 4 is 5.69 Å². The van der Waals surface area contributed by atoms with Gasteiger partial charge in [-0.15, -0.1) is 0 Å². The van der Waals surface area contributed by atoms with Gasteiger partial charge in [0.25, 0.3) is 0 Å². The first-order valence-electron chi connectivity index (χ1n) is 9.50. The van der Waals surface area contributed by atoms with Gasteiger partial charge in [0.1, 0.15) is 0 Å². The molecule has 2 unspecified atom stereocenters. The van der Waals surface area contributed by atoms with Crippen molar-refractivity contribution in [2.45, 2.75) is 44.3 Å². The van der Waals surface area contributed by atoms with E-state index in [-0.39, 0.29) is 6.61 Å². The van der Waals surface area contributed by atoms with E-state index in [2.05, 4.69) is 0 Å². The molecule has 0 aliphatic carbocycles. The lowest BCUT2D eigenvalue weighted by Gasteiger charge is -2.29. The summed E-state index contributed by atoms with van der Waals surface area (Å²) in [5.41, 5.74) is 1.87. The van der Waals surface area contributed by atoms with Gasteiger partial charge in [-0.1, -0.05) is 67.8 Å². The third-order valence-corrected chi connectivity index (χ3v) is 4.56. The number of para-hydroxylation sites is 1. The molecule has 0 spiro atoms. The Balaban J connectivity index is 1.94. The minimum absolute atomic E-state index is 0.0122. The van der Waals surface area contributed by atoms with Gasteiger partial charge in [-0.25, -0.2) is 5.11 Å². The van der Waals surface area contributed by atoms with Gasteiger partial charge in [-0.3, -0.25) is 0 Å². The zero-order valence-electron chi connectivity index (χ0n) is 15.3. The van der Waals surface area contributed by atoms with E-state index in [1.165, 1.54) is 0 Å². The normalized spacial score (nSPS) is 13.3. The summed E-state index contributed by atoms with van der Waals surface area (Å²) in [6.07, 6.45) is 3.21. The highest BCUT2D eigenvalue weighted by Crippen LogP contribution is 2.21. The van der Waals surface area contributed by atoms with Crippen LogP contribution in [0.3, 0.4) is 0 Å². The minimum Gasteiger partial charge on any atom is -0.391 e. The number of aliphatic hydroxyl groups is 2. The second-order valence-electron chi connectivity index (χ2n) is 6.73. The van der Waals surface area contributed by atoms with E-state index in [0.29, 0.717) is 19.5 Å². The van der Waals surface area contributed by atoms with Crippen LogP contribution in [0.5, 0.6) is 0 Å². The van der Waals surface area contributed by atoms with Gasteiger partial charge in [0.2, 0.25) is 0 Å². The molecule has 26 heavy (non-hydrogen) atoms. The summed E-state index contributed by atoms with van der Waals surface area (Å²) in [4.78, 5) is 2.04. The average molecular weight is 356 g/mol. The largest absolute Gasteiger partial charge is 0.391 e. The third kappa shape index (κ3) is 7.16. The smallest absolute Gasteiger partial charge is 0.0964 e. The van der Waals surface area contributed by atoms with Gasteiger partial charge in [0.05, 0.1) is 18.8 Å². The Labute approximate surface area is 156 Å². The summed E-state index contributed by atoms with van der Waals surface area (Å²) in [5.74, 6) is 0. The molecule has 2 aromatic carbocycles. The van der Waals surface area contributed by atoms with E-state index in [1.54, 1.807) is 0 Å². The first kappa shape index (κ1) is 20.4. The molecule has 0 heterocycles. The zero-order chi connectivity index (χ0) is 18.6. The highest BCUT2D eigenvalue weighted by atomic mass is 16.3. The van der Waals surface area contributed by atoms with Crippen molar-refractivity contribution in [2.75, 3.05) is 24.6 Å². The summed E-state index contributed by atoms with van der Waals surface area (Å²) in [5, 5.41) is 31.5. The number of unbranched alkanes of at least 4 members (excludes halogenated alkanes) is 3. The van der Waals surface area contributed by atoms with Gasteiger partial charge >= 0.3 is 0 Å². The van der Waals surface area contributed by atoms with E-state index in [4.69, 9.17) is 0 Å². The summed E-state index contributed by atoms with van der Waals surface area (Å²) in [6.45, 7) is 0.901. The van der Waals surface area contributed by atoms with Gasteiger partial charge in [-0.2, -0.15) is 0 Å². The van der Waals surface area contributed by atoms with Crippen molar-refractivity contribution in [3.05, 3.63) is 66.2 Å². The van der Waals surface area contributed by atoms with Crippen molar-refractivity contribution in [2.24, 2.45) is 0 Å². The lowest BCUT2D eigenvalue weighted by atomic mass is 10.1. The van der Waals surface area contributed by atoms with Crippen LogP contribution < -0.4 is 4.90 Å². The molecule has 0 bridgehead atoms. The summed E-state index contributed by atoms with van der Waals surface area (Å²) in [6, 6.07) is 19.5. The Morgan fingerprint density at radius 1 is 0.769 bits per heavy atom. The van der Waals surface area contributed by atoms with Crippen LogP contribution in [0.15, 0.2) is 60.7 Å². The molecule has 4 nitrogen and oxygen atoms in total. The Bertz CT molecular complexity index is 591. The molecule has 2 N–H and O–H groups in total. The number of rotatable bonds is 12. The van der Waals surface area contributed by atoms with Gasteiger partial charge in [0.15, 0.2) is 0 Å². The molecule has 1 radical (unpaired) electrons. The molecular formula is C22H30NO3. The number of anilines is 1. The fourth-order valence-corrected chi connectivity index (χ4v) is 3.09. The van der Waals surface area contributed by atoms with Crippen molar-refractivity contribution < 1.29 is 15.3 Å². The second-order valence-corrected chi connectivity index (χ2v) is 6.73. The van der Waals surface area contributed by atoms with Crippen LogP contribution in [0.25, 0.3) is 0 Å². The minimum atomic E-state index is -0.610. The summed E-state index contributed by atoms with van der Waals surface area (Å²) >= 11 is 0. The lowest BCUT2D eigenvalue weighted by Crippen LogP contribution is -2.35. The highest BCUT2D eigenvalue weighted by molar-refractivity contribution is 5.46. The Morgan fingerprint density at radius 3 is 2.04 bits per heavy atom. The van der Waals surface area contributed by atoms with Gasteiger partial charge in [-0.05, 0) is 30.5 Å². The monoisotopic (exact) mass is 356 g/mol. The van der Waals surface area contributed by atoms with Crippen LogP contribution in [0.1, 0.15) is 43.8 Å².